The number of benzene rings is 2. The van der Waals surface area contributed by atoms with Gasteiger partial charge in [0.05, 0.1) is 12.1 Å². The van der Waals surface area contributed by atoms with E-state index in [1.807, 2.05) is 6.07 Å². The molecular formula is C18H19N5O4S. The number of nitrogens with two attached hydrogens (primary N) is 1. The van der Waals surface area contributed by atoms with Gasteiger partial charge in [-0.1, -0.05) is 12.1 Å². The number of nitriles is 1. The van der Waals surface area contributed by atoms with E-state index in [-0.39, 0.29) is 35.3 Å². The van der Waals surface area contributed by atoms with Crippen LogP contribution in [0.4, 0.5) is 0 Å². The van der Waals surface area contributed by atoms with Gasteiger partial charge in [-0.2, -0.15) is 18.8 Å². The molecule has 0 aliphatic rings. The van der Waals surface area contributed by atoms with E-state index in [9.17, 15) is 8.42 Å². The lowest BCUT2D eigenvalue weighted by Gasteiger charge is -2.11. The van der Waals surface area contributed by atoms with E-state index in [0.717, 1.165) is 5.56 Å². The Morgan fingerprint density at radius 3 is 2.71 bits per heavy atom. The number of aryl methyl sites for hydroxylation is 1. The monoisotopic (exact) mass is 401 g/mol. The number of nitrogens with one attached hydrogen (secondary N) is 1. The first-order valence-electron chi connectivity index (χ1n) is 8.05. The summed E-state index contributed by atoms with van der Waals surface area (Å²) in [6.07, 6.45) is 0. The molecule has 0 heterocycles. The molecule has 28 heavy (non-hydrogen) atoms. The van der Waals surface area contributed by atoms with Crippen molar-refractivity contribution in [2.75, 3.05) is 13.2 Å². The number of aliphatic imine (C=N–C) groups is 1. The van der Waals surface area contributed by atoms with Crippen molar-refractivity contribution in [3.8, 4) is 17.6 Å². The van der Waals surface area contributed by atoms with Gasteiger partial charge in [-0.25, -0.2) is 10.4 Å². The van der Waals surface area contributed by atoms with Crippen LogP contribution < -0.4 is 20.1 Å². The second kappa shape index (κ2) is 9.38. The second-order valence-corrected chi connectivity index (χ2v) is 7.03. The molecular weight excluding hydrogens is 382 g/mol. The van der Waals surface area contributed by atoms with Crippen molar-refractivity contribution in [2.24, 2.45) is 15.8 Å². The lowest BCUT2D eigenvalue weighted by Crippen LogP contribution is -2.27. The summed E-state index contributed by atoms with van der Waals surface area (Å²) in [7, 11) is -4.17. The van der Waals surface area contributed by atoms with Gasteiger partial charge >= 0.3 is 10.1 Å². The van der Waals surface area contributed by atoms with Crippen molar-refractivity contribution in [3.05, 3.63) is 53.6 Å². The molecule has 0 spiro atoms. The molecule has 0 aromatic heterocycles. The molecule has 0 amide bonds. The Labute approximate surface area is 163 Å². The minimum Gasteiger partial charge on any atom is -0.492 e. The fourth-order valence-corrected chi connectivity index (χ4v) is 3.31. The Hall–Kier alpha value is -3.58. The standard InChI is InChI=1S/C18H19N5O4S/c1-13-9-15(26-8-7-22-18(20)23-21-2)11-16(10-13)27-28(24,25)17-6-4-3-5-14(17)12-19/h3-6,9-11H,2,7-8H2,1H3,(H3,20,22,23). The molecule has 3 N–H and O–H groups in total. The molecule has 0 radical (unpaired) electrons. The van der Waals surface area contributed by atoms with Crippen LogP contribution in [0, 0.1) is 18.3 Å². The Balaban J connectivity index is 2.14. The highest BCUT2D eigenvalue weighted by Gasteiger charge is 2.21. The Kier molecular flexibility index (Phi) is 6.95. The zero-order chi connectivity index (χ0) is 20.6. The van der Waals surface area contributed by atoms with Crippen molar-refractivity contribution in [3.63, 3.8) is 0 Å². The number of nitrogens with zero attached hydrogens (tertiary/aromatic N) is 3. The van der Waals surface area contributed by atoms with Crippen LogP contribution in [-0.2, 0) is 10.1 Å². The van der Waals surface area contributed by atoms with Crippen molar-refractivity contribution in [1.82, 2.24) is 5.43 Å². The minimum atomic E-state index is -4.17. The van der Waals surface area contributed by atoms with Crippen LogP contribution in [0.25, 0.3) is 0 Å². The molecule has 0 atom stereocenters. The summed E-state index contributed by atoms with van der Waals surface area (Å²) in [5, 5.41) is 12.5. The normalized spacial score (nSPS) is 11.4. The molecule has 0 saturated carbocycles. The molecule has 2 aromatic rings. The van der Waals surface area contributed by atoms with Crippen LogP contribution in [-0.4, -0.2) is 34.2 Å². The van der Waals surface area contributed by atoms with Crippen molar-refractivity contribution < 1.29 is 17.3 Å². The van der Waals surface area contributed by atoms with Gasteiger partial charge in [0.15, 0.2) is 0 Å². The lowest BCUT2D eigenvalue weighted by molar-refractivity contribution is 0.327. The number of rotatable bonds is 8. The second-order valence-electron chi connectivity index (χ2n) is 5.51. The maximum atomic E-state index is 12.5. The zero-order valence-electron chi connectivity index (χ0n) is 15.1. The highest BCUT2D eigenvalue weighted by Crippen LogP contribution is 2.26. The van der Waals surface area contributed by atoms with Gasteiger partial charge in [-0.05, 0) is 36.8 Å². The van der Waals surface area contributed by atoms with E-state index >= 15 is 0 Å². The molecule has 10 heteroatoms. The first-order chi connectivity index (χ1) is 13.4. The van der Waals surface area contributed by atoms with E-state index in [1.165, 1.54) is 24.3 Å². The fourth-order valence-electron chi connectivity index (χ4n) is 2.24. The first-order valence-corrected chi connectivity index (χ1v) is 9.46. The summed E-state index contributed by atoms with van der Waals surface area (Å²) >= 11 is 0. The summed E-state index contributed by atoms with van der Waals surface area (Å²) in [5.74, 6) is 0.583. The quantitative estimate of drug-likeness (QED) is 0.225. The van der Waals surface area contributed by atoms with Gasteiger partial charge in [-0.15, -0.1) is 0 Å². The smallest absolute Gasteiger partial charge is 0.340 e. The lowest BCUT2D eigenvalue weighted by atomic mass is 10.2. The Bertz CT molecular complexity index is 1030. The SMILES string of the molecule is C=NNC(N)=NCCOc1cc(C)cc(OS(=O)(=O)c2ccccc2C#N)c1. The average Bonchev–Trinajstić information content (AvgIpc) is 2.64. The maximum Gasteiger partial charge on any atom is 0.340 e. The van der Waals surface area contributed by atoms with Gasteiger partial charge in [0.25, 0.3) is 0 Å². The minimum absolute atomic E-state index is 0.00435. The van der Waals surface area contributed by atoms with Gasteiger partial charge in [0, 0.05) is 12.8 Å². The summed E-state index contributed by atoms with van der Waals surface area (Å²) < 4.78 is 35.8. The summed E-state index contributed by atoms with van der Waals surface area (Å²) in [5.41, 5.74) is 8.63. The van der Waals surface area contributed by atoms with Crippen LogP contribution in [0.2, 0.25) is 0 Å². The average molecular weight is 401 g/mol. The number of ether oxygens (including phenoxy) is 1. The van der Waals surface area contributed by atoms with E-state index in [1.54, 1.807) is 25.1 Å². The van der Waals surface area contributed by atoms with Gasteiger partial charge < -0.3 is 14.7 Å². The van der Waals surface area contributed by atoms with E-state index in [4.69, 9.17) is 19.9 Å². The Morgan fingerprint density at radius 1 is 1.29 bits per heavy atom. The Morgan fingerprint density at radius 2 is 2.00 bits per heavy atom. The molecule has 2 aromatic carbocycles. The van der Waals surface area contributed by atoms with Crippen LogP contribution in [0.1, 0.15) is 11.1 Å². The highest BCUT2D eigenvalue weighted by atomic mass is 32.2. The van der Waals surface area contributed by atoms with Crippen LogP contribution in [0.15, 0.2) is 57.5 Å². The highest BCUT2D eigenvalue weighted by molar-refractivity contribution is 7.87. The number of guanidine groups is 1. The number of hydrogen-bond donors (Lipinski definition) is 2. The van der Waals surface area contributed by atoms with E-state index in [2.05, 4.69) is 22.2 Å². The fraction of sp³-hybridized carbons (Fsp3) is 0.167. The summed E-state index contributed by atoms with van der Waals surface area (Å²) in [6.45, 7) is 5.45. The maximum absolute atomic E-state index is 12.5. The molecule has 0 saturated heterocycles. The molecule has 0 aliphatic carbocycles. The summed E-state index contributed by atoms with van der Waals surface area (Å²) in [4.78, 5) is 3.76. The van der Waals surface area contributed by atoms with Gasteiger partial charge in [-0.3, -0.25) is 0 Å². The molecule has 146 valence electrons. The third-order valence-corrected chi connectivity index (χ3v) is 4.65. The molecule has 0 aliphatic heterocycles. The van der Waals surface area contributed by atoms with Crippen molar-refractivity contribution in [2.45, 2.75) is 11.8 Å². The van der Waals surface area contributed by atoms with Crippen LogP contribution in [0.5, 0.6) is 11.5 Å². The van der Waals surface area contributed by atoms with E-state index in [0.29, 0.717) is 5.75 Å². The number of hydrogen-bond acceptors (Lipinski definition) is 7. The van der Waals surface area contributed by atoms with Crippen molar-refractivity contribution >= 4 is 22.8 Å². The largest absolute Gasteiger partial charge is 0.492 e. The van der Waals surface area contributed by atoms with Crippen LogP contribution >= 0.6 is 0 Å². The first kappa shape index (κ1) is 20.7. The molecule has 0 fully saturated rings. The van der Waals surface area contributed by atoms with E-state index < -0.39 is 10.1 Å². The molecule has 9 nitrogen and oxygen atoms in total. The third kappa shape index (κ3) is 5.72. The number of hydrazone groups is 1. The predicted octanol–water partition coefficient (Wildman–Crippen LogP) is 1.53. The van der Waals surface area contributed by atoms with Crippen molar-refractivity contribution in [1.29, 1.82) is 5.26 Å². The van der Waals surface area contributed by atoms with Crippen LogP contribution in [0.3, 0.4) is 0 Å². The predicted molar refractivity (Wildman–Crippen MR) is 105 cm³/mol. The molecule has 0 unspecified atom stereocenters. The van der Waals surface area contributed by atoms with Gasteiger partial charge in [0.2, 0.25) is 5.96 Å². The topological polar surface area (TPSA) is 139 Å². The molecule has 0 bridgehead atoms. The zero-order valence-corrected chi connectivity index (χ0v) is 15.9. The summed E-state index contributed by atoms with van der Waals surface area (Å²) in [6, 6.07) is 12.4. The van der Waals surface area contributed by atoms with Gasteiger partial charge in [0.1, 0.15) is 29.1 Å². The molecule has 2 rings (SSSR count). The third-order valence-electron chi connectivity index (χ3n) is 3.34.